The highest BCUT2D eigenvalue weighted by Crippen LogP contribution is 2.40. The van der Waals surface area contributed by atoms with E-state index in [9.17, 15) is 19.2 Å². The van der Waals surface area contributed by atoms with Crippen LogP contribution in [-0.2, 0) is 25.7 Å². The van der Waals surface area contributed by atoms with Crippen molar-refractivity contribution in [2.75, 3.05) is 25.7 Å². The molecule has 1 aliphatic heterocycles. The summed E-state index contributed by atoms with van der Waals surface area (Å²) < 4.78 is 11.5. The third kappa shape index (κ3) is 8.11. The molecule has 10 nitrogen and oxygen atoms in total. The predicted molar refractivity (Wildman–Crippen MR) is 174 cm³/mol. The number of carbonyl (C=O) groups is 4. The third-order valence-electron chi connectivity index (χ3n) is 6.94. The number of carbonyl (C=O) groups excluding carboxylic acids is 4. The monoisotopic (exact) mass is 726 g/mol. The van der Waals surface area contributed by atoms with E-state index in [4.69, 9.17) is 14.5 Å². The molecule has 1 aliphatic rings. The summed E-state index contributed by atoms with van der Waals surface area (Å²) in [6.07, 6.45) is 1.63. The van der Waals surface area contributed by atoms with Gasteiger partial charge in [0.2, 0.25) is 5.91 Å². The van der Waals surface area contributed by atoms with Gasteiger partial charge in [-0.1, -0.05) is 28.1 Å². The van der Waals surface area contributed by atoms with Crippen LogP contribution in [0.25, 0.3) is 0 Å². The Balaban J connectivity index is 1.42. The number of aliphatic imine (C=N–C) groups is 1. The molecule has 0 fully saturated rings. The van der Waals surface area contributed by atoms with Gasteiger partial charge in [0.05, 0.1) is 32.1 Å². The van der Waals surface area contributed by atoms with E-state index in [1.165, 1.54) is 14.0 Å². The summed E-state index contributed by atoms with van der Waals surface area (Å²) >= 11 is 7.14. The molecule has 3 aromatic rings. The molecule has 2 N–H and O–H groups in total. The van der Waals surface area contributed by atoms with Gasteiger partial charge in [-0.05, 0) is 89.3 Å². The minimum Gasteiger partial charge on any atom is -0.497 e. The van der Waals surface area contributed by atoms with Crippen LogP contribution in [0.5, 0.6) is 5.75 Å². The fourth-order valence-corrected chi connectivity index (χ4v) is 6.21. The van der Waals surface area contributed by atoms with Crippen molar-refractivity contribution >= 4 is 72.6 Å². The van der Waals surface area contributed by atoms with Gasteiger partial charge in [-0.3, -0.25) is 14.4 Å². The molecule has 0 aliphatic carbocycles. The molecule has 1 atom stereocenters. The molecular weight excluding hydrogens is 696 g/mol. The van der Waals surface area contributed by atoms with Gasteiger partial charge in [0.25, 0.3) is 11.8 Å². The first-order chi connectivity index (χ1) is 21.1. The maximum atomic E-state index is 13.7. The fraction of sp³-hybridized carbons (Fsp3) is 0.281. The summed E-state index contributed by atoms with van der Waals surface area (Å²) in [4.78, 5) is 55.9. The van der Waals surface area contributed by atoms with Crippen molar-refractivity contribution in [1.82, 2.24) is 10.6 Å². The zero-order chi connectivity index (χ0) is 31.8. The van der Waals surface area contributed by atoms with E-state index in [0.29, 0.717) is 54.9 Å². The molecule has 0 bridgehead atoms. The number of hydrogen-bond acceptors (Lipinski definition) is 7. The topological polar surface area (TPSA) is 126 Å². The summed E-state index contributed by atoms with van der Waals surface area (Å²) in [7, 11) is 2.88. The van der Waals surface area contributed by atoms with Crippen molar-refractivity contribution < 1.29 is 28.7 Å². The summed E-state index contributed by atoms with van der Waals surface area (Å²) in [5, 5.41) is 5.43. The predicted octanol–water partition coefficient (Wildman–Crippen LogP) is 5.47. The lowest BCUT2D eigenvalue weighted by Crippen LogP contribution is -2.40. The first kappa shape index (κ1) is 32.9. The number of benzene rings is 3. The maximum Gasteiger partial charge on any atom is 0.328 e. The first-order valence-electron chi connectivity index (χ1n) is 13.9. The van der Waals surface area contributed by atoms with E-state index in [2.05, 4.69) is 42.5 Å². The second-order valence-corrected chi connectivity index (χ2v) is 11.8. The van der Waals surface area contributed by atoms with Crippen LogP contribution < -0.4 is 20.3 Å². The largest absolute Gasteiger partial charge is 0.497 e. The van der Waals surface area contributed by atoms with E-state index in [1.807, 2.05) is 36.4 Å². The number of esters is 1. The second kappa shape index (κ2) is 15.1. The van der Waals surface area contributed by atoms with Gasteiger partial charge >= 0.3 is 5.97 Å². The Morgan fingerprint density at radius 1 is 0.977 bits per heavy atom. The number of anilines is 1. The highest BCUT2D eigenvalue weighted by molar-refractivity contribution is 9.11. The number of unbranched alkanes of at least 4 members (excludes halogenated alkanes) is 1. The van der Waals surface area contributed by atoms with Crippen LogP contribution in [-0.4, -0.2) is 56.2 Å². The highest BCUT2D eigenvalue weighted by atomic mass is 79.9. The Kier molecular flexibility index (Phi) is 11.3. The quantitative estimate of drug-likeness (QED) is 0.189. The standard InChI is InChI=1S/C32H32Br2N4O6/c1-19(39)36-27(32(42)44-3)6-4-5-15-35-30(40)21-9-11-23(12-10-21)37-28-25-16-22(33)17-26(34)29(25)38(31(28)41)18-20-7-13-24(43-2)14-8-20/h7-14,16-17,27H,4-6,15,18H2,1-3H3,(H,35,40)(H,36,39)/t27-/m0/s1. The van der Waals surface area contributed by atoms with E-state index >= 15 is 0 Å². The molecule has 44 heavy (non-hydrogen) atoms. The Hall–Kier alpha value is -4.03. The zero-order valence-corrected chi connectivity index (χ0v) is 27.7. The number of halogens is 2. The molecule has 0 saturated heterocycles. The molecule has 0 aromatic heterocycles. The number of hydrogen-bond donors (Lipinski definition) is 2. The van der Waals surface area contributed by atoms with Gasteiger partial charge < -0.3 is 25.0 Å². The van der Waals surface area contributed by atoms with Gasteiger partial charge in [-0.2, -0.15) is 0 Å². The van der Waals surface area contributed by atoms with E-state index in [-0.39, 0.29) is 17.7 Å². The van der Waals surface area contributed by atoms with Crippen molar-refractivity contribution in [3.05, 3.63) is 86.3 Å². The number of amides is 3. The van der Waals surface area contributed by atoms with Gasteiger partial charge in [-0.25, -0.2) is 9.79 Å². The lowest BCUT2D eigenvalue weighted by atomic mass is 10.1. The average molecular weight is 728 g/mol. The lowest BCUT2D eigenvalue weighted by Gasteiger charge is -2.18. The Labute approximate surface area is 272 Å². The third-order valence-corrected chi connectivity index (χ3v) is 8.00. The summed E-state index contributed by atoms with van der Waals surface area (Å²) in [5.74, 6) is -0.559. The molecule has 0 unspecified atom stereocenters. The fourth-order valence-electron chi connectivity index (χ4n) is 4.77. The normalized spacial score (nSPS) is 13.8. The van der Waals surface area contributed by atoms with Crippen molar-refractivity contribution in [3.8, 4) is 5.75 Å². The van der Waals surface area contributed by atoms with Crippen LogP contribution >= 0.6 is 31.9 Å². The first-order valence-corrected chi connectivity index (χ1v) is 15.5. The Morgan fingerprint density at radius 3 is 2.32 bits per heavy atom. The van der Waals surface area contributed by atoms with Crippen LogP contribution in [0.1, 0.15) is 47.7 Å². The lowest BCUT2D eigenvalue weighted by molar-refractivity contribution is -0.145. The Morgan fingerprint density at radius 2 is 1.68 bits per heavy atom. The van der Waals surface area contributed by atoms with Crippen LogP contribution in [0.2, 0.25) is 0 Å². The number of ether oxygens (including phenoxy) is 2. The molecule has 3 aromatic carbocycles. The van der Waals surface area contributed by atoms with Gasteiger partial charge in [-0.15, -0.1) is 0 Å². The van der Waals surface area contributed by atoms with Crippen molar-refractivity contribution in [1.29, 1.82) is 0 Å². The molecule has 230 valence electrons. The summed E-state index contributed by atoms with van der Waals surface area (Å²) in [6.45, 7) is 2.09. The molecule has 3 amide bonds. The number of rotatable bonds is 12. The molecule has 0 saturated carbocycles. The minimum atomic E-state index is -0.710. The smallest absolute Gasteiger partial charge is 0.328 e. The van der Waals surface area contributed by atoms with Gasteiger partial charge in [0.15, 0.2) is 0 Å². The van der Waals surface area contributed by atoms with Crippen LogP contribution in [0.15, 0.2) is 74.6 Å². The average Bonchev–Trinajstić information content (AvgIpc) is 3.26. The number of nitrogens with zero attached hydrogens (tertiary/aromatic N) is 2. The molecule has 4 rings (SSSR count). The van der Waals surface area contributed by atoms with Crippen LogP contribution in [0.4, 0.5) is 11.4 Å². The summed E-state index contributed by atoms with van der Waals surface area (Å²) in [5.41, 5.74) is 3.65. The molecule has 12 heteroatoms. The number of fused-ring (bicyclic) bond motifs is 1. The molecule has 1 heterocycles. The maximum absolute atomic E-state index is 13.7. The second-order valence-electron chi connectivity index (χ2n) is 10.1. The molecular formula is C32H32Br2N4O6. The molecule has 0 radical (unpaired) electrons. The van der Waals surface area contributed by atoms with Gasteiger partial charge in [0, 0.05) is 33.5 Å². The summed E-state index contributed by atoms with van der Waals surface area (Å²) in [6, 6.07) is 17.3. The zero-order valence-electron chi connectivity index (χ0n) is 24.5. The highest BCUT2D eigenvalue weighted by Gasteiger charge is 2.36. The van der Waals surface area contributed by atoms with Crippen LogP contribution in [0.3, 0.4) is 0 Å². The minimum absolute atomic E-state index is 0.232. The van der Waals surface area contributed by atoms with Crippen molar-refractivity contribution in [3.63, 3.8) is 0 Å². The van der Waals surface area contributed by atoms with E-state index < -0.39 is 12.0 Å². The van der Waals surface area contributed by atoms with E-state index in [1.54, 1.807) is 36.3 Å². The molecule has 0 spiro atoms. The Bertz CT molecular complexity index is 1570. The SMILES string of the molecule is COC(=O)[C@H](CCCCNC(=O)c1ccc(N=C2C(=O)N(Cc3ccc(OC)cc3)c3c(Br)cc(Br)cc32)cc1)NC(C)=O. The van der Waals surface area contributed by atoms with Crippen molar-refractivity contribution in [2.24, 2.45) is 4.99 Å². The van der Waals surface area contributed by atoms with Gasteiger partial charge in [0.1, 0.15) is 17.5 Å². The van der Waals surface area contributed by atoms with Crippen LogP contribution in [0, 0.1) is 0 Å². The number of methoxy groups -OCH3 is 2. The number of nitrogens with one attached hydrogen (secondary N) is 2. The van der Waals surface area contributed by atoms with Crippen molar-refractivity contribution in [2.45, 2.75) is 38.8 Å². The van der Waals surface area contributed by atoms with E-state index in [0.717, 1.165) is 25.9 Å².